The molecule has 5 nitrogen and oxygen atoms in total. The standard InChI is InChI=1S/C23H29N3O2/c1-17-3-6-19(7-4-17)16-26-23(27)22(11-14-28-26)25-12-9-20(10-13-25)21-8-5-18(2)15-24-21/h3-8,15,20,22H,9-14,16H2,1-2H3. The Morgan fingerprint density at radius 3 is 2.39 bits per heavy atom. The zero-order valence-electron chi connectivity index (χ0n) is 16.8. The van der Waals surface area contributed by atoms with E-state index >= 15 is 0 Å². The van der Waals surface area contributed by atoms with Crippen LogP contribution < -0.4 is 0 Å². The molecule has 0 spiro atoms. The van der Waals surface area contributed by atoms with Crippen molar-refractivity contribution in [2.45, 2.75) is 51.6 Å². The first kappa shape index (κ1) is 19.1. The molecule has 0 bridgehead atoms. The smallest absolute Gasteiger partial charge is 0.263 e. The molecular weight excluding hydrogens is 350 g/mol. The number of rotatable bonds is 4. The molecule has 0 aliphatic carbocycles. The number of hydrogen-bond donors (Lipinski definition) is 0. The number of piperidine rings is 1. The van der Waals surface area contributed by atoms with Gasteiger partial charge >= 0.3 is 0 Å². The SMILES string of the molecule is Cc1ccc(CN2OCCC(N3CCC(c4ccc(C)cn4)CC3)C2=O)cc1. The molecule has 1 aromatic carbocycles. The van der Waals surface area contributed by atoms with Crippen molar-refractivity contribution in [1.82, 2.24) is 14.9 Å². The third-order valence-corrected chi connectivity index (χ3v) is 5.94. The molecule has 0 saturated carbocycles. The van der Waals surface area contributed by atoms with E-state index in [4.69, 9.17) is 4.84 Å². The summed E-state index contributed by atoms with van der Waals surface area (Å²) in [6, 6.07) is 12.5. The van der Waals surface area contributed by atoms with Crippen molar-refractivity contribution in [2.24, 2.45) is 0 Å². The second-order valence-corrected chi connectivity index (χ2v) is 8.07. The maximum Gasteiger partial charge on any atom is 0.263 e. The summed E-state index contributed by atoms with van der Waals surface area (Å²) in [5, 5.41) is 1.56. The van der Waals surface area contributed by atoms with Gasteiger partial charge in [0.15, 0.2) is 0 Å². The summed E-state index contributed by atoms with van der Waals surface area (Å²) in [4.78, 5) is 25.7. The van der Waals surface area contributed by atoms with Gasteiger partial charge in [0.05, 0.1) is 19.2 Å². The van der Waals surface area contributed by atoms with Crippen molar-refractivity contribution in [3.8, 4) is 0 Å². The van der Waals surface area contributed by atoms with Crippen molar-refractivity contribution in [2.75, 3.05) is 19.7 Å². The number of hydrogen-bond acceptors (Lipinski definition) is 4. The highest BCUT2D eigenvalue weighted by Crippen LogP contribution is 2.29. The Balaban J connectivity index is 1.36. The number of pyridine rings is 1. The number of aromatic nitrogens is 1. The molecule has 5 heteroatoms. The van der Waals surface area contributed by atoms with Gasteiger partial charge in [0.25, 0.3) is 5.91 Å². The first-order valence-electron chi connectivity index (χ1n) is 10.3. The highest BCUT2D eigenvalue weighted by atomic mass is 16.7. The Kier molecular flexibility index (Phi) is 5.74. The highest BCUT2D eigenvalue weighted by Gasteiger charge is 2.36. The minimum Gasteiger partial charge on any atom is -0.292 e. The Labute approximate surface area is 167 Å². The Morgan fingerprint density at radius 1 is 1.00 bits per heavy atom. The first-order chi connectivity index (χ1) is 13.6. The third kappa shape index (κ3) is 4.26. The van der Waals surface area contributed by atoms with E-state index in [1.165, 1.54) is 16.8 Å². The van der Waals surface area contributed by atoms with Gasteiger partial charge in [-0.3, -0.25) is 19.5 Å². The largest absolute Gasteiger partial charge is 0.292 e. The van der Waals surface area contributed by atoms with Crippen LogP contribution in [0.2, 0.25) is 0 Å². The molecule has 2 aliphatic rings. The molecule has 2 aliphatic heterocycles. The number of benzene rings is 1. The van der Waals surface area contributed by atoms with Crippen molar-refractivity contribution in [3.63, 3.8) is 0 Å². The van der Waals surface area contributed by atoms with Crippen LogP contribution in [0.25, 0.3) is 0 Å². The van der Waals surface area contributed by atoms with Gasteiger partial charge in [-0.25, -0.2) is 5.06 Å². The zero-order chi connectivity index (χ0) is 19.5. The maximum absolute atomic E-state index is 13.0. The molecule has 1 unspecified atom stereocenters. The number of aryl methyl sites for hydroxylation is 2. The summed E-state index contributed by atoms with van der Waals surface area (Å²) < 4.78 is 0. The van der Waals surface area contributed by atoms with Crippen LogP contribution in [-0.4, -0.2) is 46.6 Å². The second-order valence-electron chi connectivity index (χ2n) is 8.07. The van der Waals surface area contributed by atoms with Gasteiger partial charge in [-0.2, -0.15) is 0 Å². The van der Waals surface area contributed by atoms with E-state index in [1.54, 1.807) is 5.06 Å². The van der Waals surface area contributed by atoms with E-state index in [0.29, 0.717) is 19.1 Å². The summed E-state index contributed by atoms with van der Waals surface area (Å²) in [6.45, 7) is 7.13. The first-order valence-corrected chi connectivity index (χ1v) is 10.3. The Morgan fingerprint density at radius 2 is 1.71 bits per heavy atom. The number of likely N-dealkylation sites (tertiary alicyclic amines) is 1. The van der Waals surface area contributed by atoms with Crippen molar-refractivity contribution in [3.05, 3.63) is 65.0 Å². The molecule has 0 N–H and O–H groups in total. The van der Waals surface area contributed by atoms with Crippen molar-refractivity contribution in [1.29, 1.82) is 0 Å². The fourth-order valence-corrected chi connectivity index (χ4v) is 4.18. The molecule has 3 heterocycles. The van der Waals surface area contributed by atoms with Gasteiger partial charge in [0, 0.05) is 17.8 Å². The van der Waals surface area contributed by atoms with E-state index in [1.807, 2.05) is 6.20 Å². The van der Waals surface area contributed by atoms with E-state index in [0.717, 1.165) is 37.9 Å². The lowest BCUT2D eigenvalue weighted by atomic mass is 9.91. The lowest BCUT2D eigenvalue weighted by Gasteiger charge is -2.41. The number of carbonyl (C=O) groups excluding carboxylic acids is 1. The monoisotopic (exact) mass is 379 g/mol. The third-order valence-electron chi connectivity index (χ3n) is 5.94. The van der Waals surface area contributed by atoms with Crippen LogP contribution in [-0.2, 0) is 16.2 Å². The average Bonchev–Trinajstić information content (AvgIpc) is 2.72. The van der Waals surface area contributed by atoms with E-state index in [9.17, 15) is 4.79 Å². The minimum absolute atomic E-state index is 0.0638. The average molecular weight is 380 g/mol. The molecule has 28 heavy (non-hydrogen) atoms. The molecule has 4 rings (SSSR count). The number of carbonyl (C=O) groups is 1. The number of amides is 1. The lowest BCUT2D eigenvalue weighted by Crippen LogP contribution is -2.54. The van der Waals surface area contributed by atoms with Gasteiger partial charge in [0.1, 0.15) is 0 Å². The molecule has 2 saturated heterocycles. The molecule has 2 fully saturated rings. The lowest BCUT2D eigenvalue weighted by molar-refractivity contribution is -0.212. The van der Waals surface area contributed by atoms with E-state index in [-0.39, 0.29) is 11.9 Å². The van der Waals surface area contributed by atoms with Crippen molar-refractivity contribution < 1.29 is 9.63 Å². The summed E-state index contributed by atoms with van der Waals surface area (Å²) in [5.41, 5.74) is 4.70. The molecule has 1 atom stereocenters. The van der Waals surface area contributed by atoms with Gasteiger partial charge in [-0.1, -0.05) is 35.9 Å². The fraction of sp³-hybridized carbons (Fsp3) is 0.478. The van der Waals surface area contributed by atoms with Crippen LogP contribution in [0.4, 0.5) is 0 Å². The maximum atomic E-state index is 13.0. The molecule has 1 amide bonds. The topological polar surface area (TPSA) is 45.7 Å². The molecule has 1 aromatic heterocycles. The van der Waals surface area contributed by atoms with Crippen LogP contribution in [0.3, 0.4) is 0 Å². The van der Waals surface area contributed by atoms with Gasteiger partial charge in [-0.15, -0.1) is 0 Å². The van der Waals surface area contributed by atoms with Crippen LogP contribution >= 0.6 is 0 Å². The van der Waals surface area contributed by atoms with Crippen LogP contribution in [0.15, 0.2) is 42.6 Å². The predicted octanol–water partition coefficient (Wildman–Crippen LogP) is 3.61. The number of nitrogens with zero attached hydrogens (tertiary/aromatic N) is 3. The van der Waals surface area contributed by atoms with Crippen LogP contribution in [0, 0.1) is 13.8 Å². The molecule has 0 radical (unpaired) electrons. The molecular formula is C23H29N3O2. The quantitative estimate of drug-likeness (QED) is 0.814. The number of hydroxylamine groups is 2. The highest BCUT2D eigenvalue weighted by molar-refractivity contribution is 5.81. The summed E-state index contributed by atoms with van der Waals surface area (Å²) in [5.74, 6) is 0.592. The molecule has 2 aromatic rings. The fourth-order valence-electron chi connectivity index (χ4n) is 4.18. The van der Waals surface area contributed by atoms with Crippen LogP contribution in [0.5, 0.6) is 0 Å². The summed E-state index contributed by atoms with van der Waals surface area (Å²) in [7, 11) is 0. The van der Waals surface area contributed by atoms with Gasteiger partial charge in [0.2, 0.25) is 0 Å². The van der Waals surface area contributed by atoms with E-state index in [2.05, 4.69) is 60.1 Å². The van der Waals surface area contributed by atoms with Crippen LogP contribution in [0.1, 0.15) is 47.6 Å². The van der Waals surface area contributed by atoms with E-state index < -0.39 is 0 Å². The Hall–Kier alpha value is -2.24. The molecule has 148 valence electrons. The summed E-state index contributed by atoms with van der Waals surface area (Å²) >= 11 is 0. The predicted molar refractivity (Wildman–Crippen MR) is 109 cm³/mol. The Bertz CT molecular complexity index is 796. The second kappa shape index (κ2) is 8.41. The minimum atomic E-state index is -0.0638. The summed E-state index contributed by atoms with van der Waals surface area (Å²) in [6.07, 6.45) is 4.83. The van der Waals surface area contributed by atoms with Gasteiger partial charge in [-0.05, 0) is 63.4 Å². The van der Waals surface area contributed by atoms with Crippen molar-refractivity contribution >= 4 is 5.91 Å². The zero-order valence-corrected chi connectivity index (χ0v) is 16.8. The normalized spacial score (nSPS) is 21.9. The van der Waals surface area contributed by atoms with Gasteiger partial charge < -0.3 is 0 Å².